The fourth-order valence-corrected chi connectivity index (χ4v) is 6.63. The molecule has 21 heavy (non-hydrogen) atoms. The van der Waals surface area contributed by atoms with Crippen LogP contribution in [0.1, 0.15) is 29.2 Å². The Kier molecular flexibility index (Phi) is 17.2. The van der Waals surface area contributed by atoms with E-state index in [1.807, 2.05) is 23.5 Å². The van der Waals surface area contributed by atoms with Gasteiger partial charge in [0.05, 0.1) is 4.58 Å². The zero-order valence-electron chi connectivity index (χ0n) is 10.2. The molecule has 0 spiro atoms. The minimum absolute atomic E-state index is 0. The third kappa shape index (κ3) is 10.6. The van der Waals surface area contributed by atoms with E-state index in [-0.39, 0.29) is 32.5 Å². The molecule has 6 heteroatoms. The molecule has 0 aromatic heterocycles. The van der Waals surface area contributed by atoms with Crippen LogP contribution in [0.3, 0.4) is 0 Å². The fraction of sp³-hybridized carbons (Fsp3) is 0.600. The monoisotopic (exact) mass is 368 g/mol. The summed E-state index contributed by atoms with van der Waals surface area (Å²) in [6.45, 7) is 8.83. The van der Waals surface area contributed by atoms with E-state index in [4.69, 9.17) is 0 Å². The van der Waals surface area contributed by atoms with Crippen molar-refractivity contribution in [1.82, 2.24) is 0 Å². The molecule has 2 unspecified atom stereocenters. The van der Waals surface area contributed by atoms with Crippen LogP contribution in [-0.2, 0) is 9.59 Å². The van der Waals surface area contributed by atoms with E-state index < -0.39 is 0 Å². The number of hydrogen-bond acceptors (Lipinski definition) is 6. The van der Waals surface area contributed by atoms with Crippen LogP contribution in [0.25, 0.3) is 0 Å². The number of carbonyl (C=O) groups excluding carboxylic acids is 2. The normalized spacial score (nSPS) is 19.5. The second-order valence-electron chi connectivity index (χ2n) is 3.73. The molecule has 1 aliphatic rings. The lowest BCUT2D eigenvalue weighted by Gasteiger charge is -2.08. The summed E-state index contributed by atoms with van der Waals surface area (Å²) in [5.74, 6) is 2.70. The summed E-state index contributed by atoms with van der Waals surface area (Å²) in [5.41, 5.74) is 0.608. The number of thioether (sulfide) groups is 4. The minimum Gasteiger partial charge on any atom is -0.282 e. The molecule has 0 aliphatic carbocycles. The van der Waals surface area contributed by atoms with Crippen molar-refractivity contribution in [2.24, 2.45) is 0 Å². The Balaban J connectivity index is -0.00000108. The lowest BCUT2D eigenvalue weighted by molar-refractivity contribution is -0.108. The Bertz CT molecular complexity index is 356. The van der Waals surface area contributed by atoms with E-state index in [0.29, 0.717) is 15.4 Å². The van der Waals surface area contributed by atoms with E-state index in [1.54, 1.807) is 6.92 Å². The molecular formula is C15H28O2S4. The van der Waals surface area contributed by atoms with E-state index in [2.05, 4.69) is 13.2 Å². The zero-order valence-corrected chi connectivity index (χ0v) is 13.5. The molecule has 1 saturated heterocycles. The second kappa shape index (κ2) is 13.9. The third-order valence-electron chi connectivity index (χ3n) is 2.09. The van der Waals surface area contributed by atoms with Gasteiger partial charge >= 0.3 is 0 Å². The van der Waals surface area contributed by atoms with Crippen molar-refractivity contribution < 1.29 is 9.59 Å². The number of rotatable bonds is 6. The van der Waals surface area contributed by atoms with Crippen molar-refractivity contribution in [3.63, 3.8) is 0 Å². The van der Waals surface area contributed by atoms with Gasteiger partial charge < -0.3 is 0 Å². The van der Waals surface area contributed by atoms with Gasteiger partial charge in [0.25, 0.3) is 0 Å². The van der Waals surface area contributed by atoms with Crippen molar-refractivity contribution >= 4 is 57.3 Å². The highest BCUT2D eigenvalue weighted by Crippen LogP contribution is 2.41. The molecule has 0 aromatic carbocycles. The Hall–Kier alpha value is 0.220. The van der Waals surface area contributed by atoms with Crippen LogP contribution < -0.4 is 0 Å². The molecule has 124 valence electrons. The van der Waals surface area contributed by atoms with Gasteiger partial charge in [-0.05, 0) is 18.6 Å². The Morgan fingerprint density at radius 2 is 1.86 bits per heavy atom. The third-order valence-corrected chi connectivity index (χ3v) is 8.13. The zero-order chi connectivity index (χ0) is 13.5. The maximum Gasteiger partial charge on any atom is 0.214 e. The van der Waals surface area contributed by atoms with Crippen LogP contribution >= 0.6 is 47.0 Å². The van der Waals surface area contributed by atoms with Crippen LogP contribution in [0.4, 0.5) is 0 Å². The molecule has 1 aliphatic heterocycles. The molecule has 0 aromatic rings. The summed E-state index contributed by atoms with van der Waals surface area (Å²) in [5, 5.41) is 0.612. The highest BCUT2D eigenvalue weighted by molar-refractivity contribution is 8.23. The largest absolute Gasteiger partial charge is 0.282 e. The Labute approximate surface area is 147 Å². The van der Waals surface area contributed by atoms with Gasteiger partial charge in [0.1, 0.15) is 0 Å². The van der Waals surface area contributed by atoms with Gasteiger partial charge in [-0.25, -0.2) is 0 Å². The Morgan fingerprint density at radius 3 is 2.38 bits per heavy atom. The second-order valence-corrected chi connectivity index (χ2v) is 8.79. The molecule has 1 heterocycles. The van der Waals surface area contributed by atoms with Crippen molar-refractivity contribution in [3.8, 4) is 0 Å². The summed E-state index contributed by atoms with van der Waals surface area (Å²) in [6, 6.07) is 0. The van der Waals surface area contributed by atoms with Gasteiger partial charge in [0, 0.05) is 22.5 Å². The highest BCUT2D eigenvalue weighted by Gasteiger charge is 2.27. The van der Waals surface area contributed by atoms with Crippen LogP contribution in [0.5, 0.6) is 0 Å². The highest BCUT2D eigenvalue weighted by atomic mass is 32.2. The molecule has 0 amide bonds. The van der Waals surface area contributed by atoms with Gasteiger partial charge in [-0.1, -0.05) is 59.0 Å². The average molecular weight is 369 g/mol. The SMILES string of the molecule is C.C.C.C=CC(=O)SCC1CSC(CSC(=O)C(=C)C)S1. The topological polar surface area (TPSA) is 34.1 Å². The number of hydrogen-bond donors (Lipinski definition) is 0. The van der Waals surface area contributed by atoms with E-state index >= 15 is 0 Å². The quantitative estimate of drug-likeness (QED) is 0.588. The smallest absolute Gasteiger partial charge is 0.214 e. The van der Waals surface area contributed by atoms with Gasteiger partial charge in [0.2, 0.25) is 10.2 Å². The van der Waals surface area contributed by atoms with E-state index in [9.17, 15) is 9.59 Å². The van der Waals surface area contributed by atoms with Crippen molar-refractivity contribution in [2.45, 2.75) is 39.0 Å². The lowest BCUT2D eigenvalue weighted by atomic mass is 10.4. The summed E-state index contributed by atoms with van der Waals surface area (Å²) < 4.78 is 0.447. The molecular weight excluding hydrogens is 340 g/mol. The average Bonchev–Trinajstić information content (AvgIpc) is 2.80. The molecule has 1 fully saturated rings. The first-order valence-corrected chi connectivity index (χ1v) is 9.38. The molecule has 0 bridgehead atoms. The van der Waals surface area contributed by atoms with Crippen LogP contribution in [0.15, 0.2) is 24.8 Å². The Morgan fingerprint density at radius 1 is 1.24 bits per heavy atom. The fourth-order valence-electron chi connectivity index (χ4n) is 1.18. The van der Waals surface area contributed by atoms with Gasteiger partial charge in [-0.15, -0.1) is 23.5 Å². The van der Waals surface area contributed by atoms with Crippen molar-refractivity contribution in [3.05, 3.63) is 24.8 Å². The predicted molar refractivity (Wildman–Crippen MR) is 108 cm³/mol. The van der Waals surface area contributed by atoms with Crippen LogP contribution in [0.2, 0.25) is 0 Å². The summed E-state index contributed by atoms with van der Waals surface area (Å²) in [4.78, 5) is 22.5. The predicted octanol–water partition coefficient (Wildman–Crippen LogP) is 5.35. The summed E-state index contributed by atoms with van der Waals surface area (Å²) in [6.07, 6.45) is 1.36. The molecule has 1 rings (SSSR count). The van der Waals surface area contributed by atoms with Gasteiger partial charge in [0.15, 0.2) is 0 Å². The van der Waals surface area contributed by atoms with E-state index in [1.165, 1.54) is 29.6 Å². The van der Waals surface area contributed by atoms with Gasteiger partial charge in [-0.2, -0.15) is 0 Å². The summed E-state index contributed by atoms with van der Waals surface area (Å²) >= 11 is 6.41. The first-order chi connectivity index (χ1) is 8.52. The molecule has 0 saturated carbocycles. The van der Waals surface area contributed by atoms with Crippen molar-refractivity contribution in [1.29, 1.82) is 0 Å². The van der Waals surface area contributed by atoms with Crippen LogP contribution in [-0.4, -0.2) is 37.3 Å². The lowest BCUT2D eigenvalue weighted by Crippen LogP contribution is -2.07. The van der Waals surface area contributed by atoms with E-state index in [0.717, 1.165) is 17.3 Å². The minimum atomic E-state index is 0. The summed E-state index contributed by atoms with van der Waals surface area (Å²) in [7, 11) is 0. The molecule has 0 radical (unpaired) electrons. The maximum atomic E-state index is 11.4. The van der Waals surface area contributed by atoms with Gasteiger partial charge in [-0.3, -0.25) is 9.59 Å². The molecule has 2 nitrogen and oxygen atoms in total. The standard InChI is InChI=1S/C12H16O2S4.3CH4/c1-4-10(13)15-5-9-6-16-11(18-9)7-17-12(14)8(2)3;;;/h4,9,11H,1-2,5-7H2,3H3;3*1H4. The van der Waals surface area contributed by atoms with Crippen molar-refractivity contribution in [2.75, 3.05) is 17.3 Å². The molecule has 2 atom stereocenters. The molecule has 0 N–H and O–H groups in total. The first-order valence-electron chi connectivity index (χ1n) is 5.41. The number of carbonyl (C=O) groups is 2. The van der Waals surface area contributed by atoms with Crippen LogP contribution in [0, 0.1) is 0 Å². The first kappa shape index (κ1) is 26.1. The maximum absolute atomic E-state index is 11.4.